The van der Waals surface area contributed by atoms with E-state index in [1.54, 1.807) is 7.05 Å². The van der Waals surface area contributed by atoms with Gasteiger partial charge in [-0.05, 0) is 23.9 Å². The Kier molecular flexibility index (Phi) is 4.80. The van der Waals surface area contributed by atoms with Crippen LogP contribution in [-0.4, -0.2) is 18.7 Å². The van der Waals surface area contributed by atoms with Crippen LogP contribution in [0, 0.1) is 0 Å². The molecular weight excluding hydrogens is 301 g/mol. The van der Waals surface area contributed by atoms with Gasteiger partial charge in [-0.1, -0.05) is 23.2 Å². The fourth-order valence-electron chi connectivity index (χ4n) is 0.982. The third-order valence-electron chi connectivity index (χ3n) is 1.78. The highest BCUT2D eigenvalue weighted by atomic mass is 35.5. The van der Waals surface area contributed by atoms with Crippen LogP contribution in [0.25, 0.3) is 0 Å². The smallest absolute Gasteiger partial charge is 0.357 e. The topological polar surface area (TPSA) is 12.0 Å². The molecule has 0 amide bonds. The lowest BCUT2D eigenvalue weighted by atomic mass is 10.3. The second kappa shape index (κ2) is 5.54. The Morgan fingerprint density at radius 1 is 1.24 bits per heavy atom. The Bertz CT molecular complexity index is 391. The van der Waals surface area contributed by atoms with Gasteiger partial charge in [0.2, 0.25) is 0 Å². The van der Waals surface area contributed by atoms with E-state index in [-0.39, 0.29) is 26.7 Å². The standard InChI is InChI=1S/C9H7Cl2F4NS/c1-16-4-2-5(10)7(6(11)3-4)17-9(14,15)8(12)13/h2-3,8,16H,1H3. The zero-order valence-electron chi connectivity index (χ0n) is 8.41. The summed E-state index contributed by atoms with van der Waals surface area (Å²) in [7, 11) is 1.59. The fourth-order valence-corrected chi connectivity index (χ4v) is 2.37. The summed E-state index contributed by atoms with van der Waals surface area (Å²) in [6, 6.07) is 2.66. The first-order chi connectivity index (χ1) is 7.77. The summed E-state index contributed by atoms with van der Waals surface area (Å²) in [5, 5.41) is -1.73. The summed E-state index contributed by atoms with van der Waals surface area (Å²) >= 11 is 11.1. The maximum atomic E-state index is 12.9. The van der Waals surface area contributed by atoms with E-state index in [1.165, 1.54) is 12.1 Å². The highest BCUT2D eigenvalue weighted by Gasteiger charge is 2.43. The van der Waals surface area contributed by atoms with Gasteiger partial charge in [-0.15, -0.1) is 0 Å². The number of benzene rings is 1. The van der Waals surface area contributed by atoms with Gasteiger partial charge < -0.3 is 5.32 Å². The van der Waals surface area contributed by atoms with Crippen LogP contribution < -0.4 is 5.32 Å². The molecule has 17 heavy (non-hydrogen) atoms. The van der Waals surface area contributed by atoms with Crippen LogP contribution in [0.1, 0.15) is 0 Å². The molecule has 1 N–H and O–H groups in total. The predicted molar refractivity (Wildman–Crippen MR) is 62.8 cm³/mol. The summed E-state index contributed by atoms with van der Waals surface area (Å²) in [4.78, 5) is -0.266. The molecule has 0 aliphatic carbocycles. The Hall–Kier alpha value is -0.330. The first-order valence-electron chi connectivity index (χ1n) is 4.29. The van der Waals surface area contributed by atoms with Crippen molar-refractivity contribution in [3.63, 3.8) is 0 Å². The molecule has 0 saturated carbocycles. The average molecular weight is 308 g/mol. The molecule has 1 rings (SSSR count). The van der Waals surface area contributed by atoms with Crippen molar-refractivity contribution in [3.05, 3.63) is 22.2 Å². The predicted octanol–water partition coefficient (Wildman–Crippen LogP) is 4.99. The number of thioether (sulfide) groups is 1. The molecule has 0 aromatic heterocycles. The van der Waals surface area contributed by atoms with Gasteiger partial charge in [0.25, 0.3) is 0 Å². The summed E-state index contributed by atoms with van der Waals surface area (Å²) < 4.78 is 49.8. The van der Waals surface area contributed by atoms with Gasteiger partial charge in [-0.2, -0.15) is 8.78 Å². The van der Waals surface area contributed by atoms with E-state index in [2.05, 4.69) is 5.32 Å². The molecule has 0 fully saturated rings. The number of anilines is 1. The molecule has 0 radical (unpaired) electrons. The lowest BCUT2D eigenvalue weighted by Crippen LogP contribution is -2.21. The largest absolute Gasteiger partial charge is 0.388 e. The van der Waals surface area contributed by atoms with E-state index in [4.69, 9.17) is 23.2 Å². The van der Waals surface area contributed by atoms with Crippen molar-refractivity contribution in [2.24, 2.45) is 0 Å². The van der Waals surface area contributed by atoms with Gasteiger partial charge in [0.15, 0.2) is 0 Å². The molecule has 0 spiro atoms. The van der Waals surface area contributed by atoms with Crippen molar-refractivity contribution >= 4 is 40.7 Å². The van der Waals surface area contributed by atoms with Gasteiger partial charge in [-0.3, -0.25) is 0 Å². The van der Waals surface area contributed by atoms with Crippen LogP contribution in [0.5, 0.6) is 0 Å². The summed E-state index contributed by atoms with van der Waals surface area (Å²) in [5.74, 6) is 0. The van der Waals surface area contributed by atoms with Gasteiger partial charge in [0.1, 0.15) is 0 Å². The van der Waals surface area contributed by atoms with Gasteiger partial charge in [0.05, 0.1) is 14.9 Å². The fraction of sp³-hybridized carbons (Fsp3) is 0.333. The minimum atomic E-state index is -4.23. The van der Waals surface area contributed by atoms with Crippen molar-refractivity contribution in [2.45, 2.75) is 16.6 Å². The minimum absolute atomic E-state index is 0.104. The van der Waals surface area contributed by atoms with E-state index < -0.39 is 11.7 Å². The molecule has 96 valence electrons. The second-order valence-corrected chi connectivity index (χ2v) is 4.95. The molecule has 0 saturated heterocycles. The Morgan fingerprint density at radius 3 is 2.06 bits per heavy atom. The van der Waals surface area contributed by atoms with Crippen molar-refractivity contribution in [1.82, 2.24) is 0 Å². The average Bonchev–Trinajstić information content (AvgIpc) is 2.22. The molecule has 1 aromatic carbocycles. The lowest BCUT2D eigenvalue weighted by molar-refractivity contribution is -0.0563. The number of halogens is 6. The van der Waals surface area contributed by atoms with Crippen molar-refractivity contribution in [2.75, 3.05) is 12.4 Å². The van der Waals surface area contributed by atoms with Gasteiger partial charge >= 0.3 is 11.7 Å². The van der Waals surface area contributed by atoms with Gasteiger partial charge in [0, 0.05) is 12.7 Å². The first-order valence-corrected chi connectivity index (χ1v) is 5.87. The monoisotopic (exact) mass is 307 g/mol. The van der Waals surface area contributed by atoms with E-state index in [1.807, 2.05) is 0 Å². The summed E-state index contributed by atoms with van der Waals surface area (Å²) in [6.45, 7) is 0. The number of nitrogens with one attached hydrogen (secondary N) is 1. The van der Waals surface area contributed by atoms with Crippen LogP contribution in [0.15, 0.2) is 17.0 Å². The highest BCUT2D eigenvalue weighted by Crippen LogP contribution is 2.46. The maximum absolute atomic E-state index is 12.9. The molecule has 0 aliphatic heterocycles. The molecular formula is C9H7Cl2F4NS. The Morgan fingerprint density at radius 2 is 1.71 bits per heavy atom. The highest BCUT2D eigenvalue weighted by molar-refractivity contribution is 8.00. The van der Waals surface area contributed by atoms with Crippen LogP contribution >= 0.6 is 35.0 Å². The Balaban J connectivity index is 3.08. The van der Waals surface area contributed by atoms with Crippen LogP contribution in [0.4, 0.5) is 23.2 Å². The molecule has 1 aromatic rings. The van der Waals surface area contributed by atoms with Crippen molar-refractivity contribution < 1.29 is 17.6 Å². The SMILES string of the molecule is CNc1cc(Cl)c(SC(F)(F)C(F)F)c(Cl)c1. The Labute approximate surface area is 109 Å². The van der Waals surface area contributed by atoms with E-state index in [0.717, 1.165) is 0 Å². The lowest BCUT2D eigenvalue weighted by Gasteiger charge is -2.16. The van der Waals surface area contributed by atoms with Crippen molar-refractivity contribution in [3.8, 4) is 0 Å². The third-order valence-corrected chi connectivity index (χ3v) is 3.69. The number of alkyl halides is 4. The summed E-state index contributed by atoms with van der Waals surface area (Å²) in [6.07, 6.45) is -3.79. The number of hydrogen-bond donors (Lipinski definition) is 1. The zero-order chi connectivity index (χ0) is 13.2. The van der Waals surface area contributed by atoms with Crippen LogP contribution in [-0.2, 0) is 0 Å². The molecule has 1 nitrogen and oxygen atoms in total. The zero-order valence-corrected chi connectivity index (χ0v) is 10.7. The van der Waals surface area contributed by atoms with Gasteiger partial charge in [-0.25, -0.2) is 8.78 Å². The number of rotatable bonds is 4. The third kappa shape index (κ3) is 3.56. The van der Waals surface area contributed by atoms with Crippen LogP contribution in [0.2, 0.25) is 10.0 Å². The number of hydrogen-bond acceptors (Lipinski definition) is 2. The molecule has 0 unspecified atom stereocenters. The minimum Gasteiger partial charge on any atom is -0.388 e. The normalized spacial score (nSPS) is 12.0. The van der Waals surface area contributed by atoms with Crippen LogP contribution in [0.3, 0.4) is 0 Å². The summed E-state index contributed by atoms with van der Waals surface area (Å²) in [5.41, 5.74) is 0.504. The van der Waals surface area contributed by atoms with Crippen molar-refractivity contribution in [1.29, 1.82) is 0 Å². The van der Waals surface area contributed by atoms with E-state index >= 15 is 0 Å². The molecule has 0 atom stereocenters. The molecule has 0 aliphatic rings. The molecule has 0 bridgehead atoms. The first kappa shape index (κ1) is 14.7. The molecule has 8 heteroatoms. The second-order valence-electron chi connectivity index (χ2n) is 2.98. The van der Waals surface area contributed by atoms with E-state index in [0.29, 0.717) is 5.69 Å². The van der Waals surface area contributed by atoms with E-state index in [9.17, 15) is 17.6 Å². The maximum Gasteiger partial charge on any atom is 0.357 e. The molecule has 0 heterocycles. The quantitative estimate of drug-likeness (QED) is 0.621.